The summed E-state index contributed by atoms with van der Waals surface area (Å²) in [7, 11) is 0. The Morgan fingerprint density at radius 3 is 2.89 bits per heavy atom. The second-order valence-electron chi connectivity index (χ2n) is 4.95. The Morgan fingerprint density at radius 2 is 2.21 bits per heavy atom. The van der Waals surface area contributed by atoms with E-state index in [-0.39, 0.29) is 0 Å². The average molecular weight is 297 g/mol. The number of hydrogen-bond donors (Lipinski definition) is 0. The summed E-state index contributed by atoms with van der Waals surface area (Å²) in [6, 6.07) is 6.45. The van der Waals surface area contributed by atoms with Gasteiger partial charge >= 0.3 is 0 Å². The van der Waals surface area contributed by atoms with Crippen molar-refractivity contribution in [2.24, 2.45) is 0 Å². The van der Waals surface area contributed by atoms with Crippen LogP contribution in [0.3, 0.4) is 0 Å². The number of benzene rings is 1. The molecule has 0 spiro atoms. The minimum absolute atomic E-state index is 0.625. The summed E-state index contributed by atoms with van der Waals surface area (Å²) in [4.78, 5) is 4.72. The van der Waals surface area contributed by atoms with Gasteiger partial charge in [-0.25, -0.2) is 4.98 Å². The lowest BCUT2D eigenvalue weighted by Gasteiger charge is -2.12. The molecule has 0 aliphatic heterocycles. The third kappa shape index (κ3) is 3.46. The number of rotatable bonds is 6. The van der Waals surface area contributed by atoms with Crippen molar-refractivity contribution >= 4 is 34.4 Å². The molecule has 0 bridgehead atoms. The third-order valence-electron chi connectivity index (χ3n) is 3.46. The summed E-state index contributed by atoms with van der Waals surface area (Å²) in [5, 5.41) is 0.672. The van der Waals surface area contributed by atoms with Crippen LogP contribution in [-0.2, 0) is 13.0 Å². The molecule has 2 nitrogen and oxygen atoms in total. The number of hydrogen-bond acceptors (Lipinski definition) is 2. The van der Waals surface area contributed by atoms with Crippen LogP contribution in [0, 0.1) is 6.92 Å². The summed E-state index contributed by atoms with van der Waals surface area (Å²) in [6.07, 6.45) is 4.17. The molecule has 1 heterocycles. The van der Waals surface area contributed by atoms with Crippen molar-refractivity contribution in [3.05, 3.63) is 29.6 Å². The zero-order valence-corrected chi connectivity index (χ0v) is 13.4. The van der Waals surface area contributed by atoms with Crippen LogP contribution < -0.4 is 0 Å². The van der Waals surface area contributed by atoms with E-state index in [1.807, 2.05) is 11.8 Å². The molecular weight excluding hydrogens is 276 g/mol. The molecule has 0 radical (unpaired) electrons. The number of alkyl halides is 1. The molecule has 0 aliphatic carbocycles. The highest BCUT2D eigenvalue weighted by Crippen LogP contribution is 2.21. The first kappa shape index (κ1) is 14.7. The summed E-state index contributed by atoms with van der Waals surface area (Å²) < 4.78 is 2.34. The van der Waals surface area contributed by atoms with Gasteiger partial charge in [0.05, 0.1) is 11.0 Å². The molecule has 2 rings (SSSR count). The van der Waals surface area contributed by atoms with Crippen molar-refractivity contribution in [3.63, 3.8) is 0 Å². The minimum Gasteiger partial charge on any atom is -0.328 e. The average Bonchev–Trinajstić information content (AvgIpc) is 2.73. The van der Waals surface area contributed by atoms with Crippen LogP contribution in [0.2, 0.25) is 0 Å². The predicted octanol–water partition coefficient (Wildman–Crippen LogP) is 4.27. The van der Waals surface area contributed by atoms with Gasteiger partial charge in [-0.3, -0.25) is 0 Å². The Bertz CT molecular complexity index is 550. The minimum atomic E-state index is 0.625. The molecule has 0 aliphatic rings. The molecule has 0 fully saturated rings. The van der Waals surface area contributed by atoms with Crippen molar-refractivity contribution in [1.82, 2.24) is 9.55 Å². The number of aryl methyl sites for hydroxylation is 3. The fourth-order valence-corrected chi connectivity index (χ4v) is 2.75. The molecule has 0 amide bonds. The standard InChI is InChI=1S/C15H21ClN2S/c1-11-4-5-13-14(10-11)18(9-7-12(2)19-3)15(17-13)6-8-16/h4-5,10,12H,6-9H2,1-3H3. The molecule has 1 aromatic carbocycles. The predicted molar refractivity (Wildman–Crippen MR) is 86.5 cm³/mol. The topological polar surface area (TPSA) is 17.8 Å². The van der Waals surface area contributed by atoms with E-state index in [0.29, 0.717) is 11.1 Å². The lowest BCUT2D eigenvalue weighted by atomic mass is 10.2. The first-order valence-corrected chi connectivity index (χ1v) is 8.52. The van der Waals surface area contributed by atoms with Crippen LogP contribution in [-0.4, -0.2) is 26.9 Å². The molecule has 0 saturated heterocycles. The SMILES string of the molecule is CSC(C)CCn1c(CCCl)nc2ccc(C)cc21. The number of fused-ring (bicyclic) bond motifs is 1. The number of aromatic nitrogens is 2. The molecule has 1 atom stereocenters. The first-order valence-electron chi connectivity index (χ1n) is 6.70. The summed E-state index contributed by atoms with van der Waals surface area (Å²) in [6.45, 7) is 5.42. The van der Waals surface area contributed by atoms with Crippen LogP contribution in [0.25, 0.3) is 11.0 Å². The van der Waals surface area contributed by atoms with Gasteiger partial charge in [-0.1, -0.05) is 13.0 Å². The molecule has 19 heavy (non-hydrogen) atoms. The van der Waals surface area contributed by atoms with E-state index in [0.717, 1.165) is 30.7 Å². The van der Waals surface area contributed by atoms with Crippen LogP contribution in [0.15, 0.2) is 18.2 Å². The smallest absolute Gasteiger partial charge is 0.111 e. The van der Waals surface area contributed by atoms with Crippen LogP contribution in [0.4, 0.5) is 0 Å². The van der Waals surface area contributed by atoms with E-state index in [1.54, 1.807) is 0 Å². The second-order valence-corrected chi connectivity index (χ2v) is 6.60. The zero-order chi connectivity index (χ0) is 13.8. The summed E-state index contributed by atoms with van der Waals surface area (Å²) >= 11 is 7.81. The lowest BCUT2D eigenvalue weighted by Crippen LogP contribution is -2.08. The highest BCUT2D eigenvalue weighted by Gasteiger charge is 2.11. The van der Waals surface area contributed by atoms with Gasteiger partial charge < -0.3 is 4.57 Å². The van der Waals surface area contributed by atoms with Gasteiger partial charge in [0.25, 0.3) is 0 Å². The normalized spacial score (nSPS) is 13.1. The first-order chi connectivity index (χ1) is 9.15. The van der Waals surface area contributed by atoms with Crippen molar-refractivity contribution in [2.45, 2.75) is 38.5 Å². The Hall–Kier alpha value is -0.670. The van der Waals surface area contributed by atoms with Gasteiger partial charge in [0, 0.05) is 24.1 Å². The Labute approximate surface area is 124 Å². The van der Waals surface area contributed by atoms with Gasteiger partial charge in [-0.05, 0) is 37.3 Å². The van der Waals surface area contributed by atoms with Crippen LogP contribution >= 0.6 is 23.4 Å². The van der Waals surface area contributed by atoms with E-state index in [1.165, 1.54) is 11.1 Å². The van der Waals surface area contributed by atoms with Crippen molar-refractivity contribution in [2.75, 3.05) is 12.1 Å². The molecule has 4 heteroatoms. The van der Waals surface area contributed by atoms with Gasteiger partial charge in [0.2, 0.25) is 0 Å². The van der Waals surface area contributed by atoms with Crippen LogP contribution in [0.5, 0.6) is 0 Å². The second kappa shape index (κ2) is 6.67. The van der Waals surface area contributed by atoms with E-state index < -0.39 is 0 Å². The maximum absolute atomic E-state index is 5.90. The Kier molecular flexibility index (Phi) is 5.17. The van der Waals surface area contributed by atoms with Crippen molar-refractivity contribution < 1.29 is 0 Å². The third-order valence-corrected chi connectivity index (χ3v) is 4.69. The Morgan fingerprint density at radius 1 is 1.42 bits per heavy atom. The highest BCUT2D eigenvalue weighted by molar-refractivity contribution is 7.99. The van der Waals surface area contributed by atoms with E-state index >= 15 is 0 Å². The highest BCUT2D eigenvalue weighted by atomic mass is 35.5. The fourth-order valence-electron chi connectivity index (χ4n) is 2.24. The van der Waals surface area contributed by atoms with Gasteiger partial charge in [-0.2, -0.15) is 11.8 Å². The van der Waals surface area contributed by atoms with Crippen molar-refractivity contribution in [1.29, 1.82) is 0 Å². The molecule has 2 aromatic rings. The molecule has 104 valence electrons. The summed E-state index contributed by atoms with van der Waals surface area (Å²) in [5.41, 5.74) is 3.61. The van der Waals surface area contributed by atoms with Gasteiger partial charge in [0.1, 0.15) is 5.82 Å². The molecular formula is C15H21ClN2S. The maximum atomic E-state index is 5.90. The molecule has 0 N–H and O–H groups in total. The number of thioether (sulfide) groups is 1. The van der Waals surface area contributed by atoms with Crippen LogP contribution in [0.1, 0.15) is 24.7 Å². The van der Waals surface area contributed by atoms with Gasteiger partial charge in [-0.15, -0.1) is 11.6 Å². The number of imidazole rings is 1. The quantitative estimate of drug-likeness (QED) is 0.741. The Balaban J connectivity index is 2.36. The molecule has 1 unspecified atom stereocenters. The molecule has 0 saturated carbocycles. The number of nitrogens with zero attached hydrogens (tertiary/aromatic N) is 2. The molecule has 1 aromatic heterocycles. The fraction of sp³-hybridized carbons (Fsp3) is 0.533. The number of halogens is 1. The monoisotopic (exact) mass is 296 g/mol. The lowest BCUT2D eigenvalue weighted by molar-refractivity contribution is 0.628. The van der Waals surface area contributed by atoms with Crippen molar-refractivity contribution in [3.8, 4) is 0 Å². The van der Waals surface area contributed by atoms with E-state index in [4.69, 9.17) is 16.6 Å². The van der Waals surface area contributed by atoms with E-state index in [9.17, 15) is 0 Å². The van der Waals surface area contributed by atoms with Gasteiger partial charge in [0.15, 0.2) is 0 Å². The van der Waals surface area contributed by atoms with E-state index in [2.05, 4.69) is 42.9 Å². The zero-order valence-electron chi connectivity index (χ0n) is 11.8. The summed E-state index contributed by atoms with van der Waals surface area (Å²) in [5.74, 6) is 1.74. The maximum Gasteiger partial charge on any atom is 0.111 e. The largest absolute Gasteiger partial charge is 0.328 e.